The van der Waals surface area contributed by atoms with Crippen molar-refractivity contribution >= 4 is 17.9 Å². The zero-order chi connectivity index (χ0) is 11.8. The van der Waals surface area contributed by atoms with E-state index in [1.165, 1.54) is 11.5 Å². The predicted octanol–water partition coefficient (Wildman–Crippen LogP) is 0.0770. The van der Waals surface area contributed by atoms with Gasteiger partial charge < -0.3 is 9.47 Å². The Kier molecular flexibility index (Phi) is 2.36. The van der Waals surface area contributed by atoms with Gasteiger partial charge in [-0.1, -0.05) is 0 Å². The quantitative estimate of drug-likeness (QED) is 0.705. The first-order valence-corrected chi connectivity index (χ1v) is 5.97. The summed E-state index contributed by atoms with van der Waals surface area (Å²) in [5, 5.41) is 9.00. The summed E-state index contributed by atoms with van der Waals surface area (Å²) >= 11 is 1.32. The fourth-order valence-electron chi connectivity index (χ4n) is 1.81. The van der Waals surface area contributed by atoms with Gasteiger partial charge >= 0.3 is 0 Å². The maximum absolute atomic E-state index is 10.7. The van der Waals surface area contributed by atoms with Gasteiger partial charge in [0.1, 0.15) is 5.82 Å². The maximum Gasteiger partial charge on any atom is 0.210 e. The normalized spacial score (nSPS) is 14.8. The minimum atomic E-state index is 0.508. The molecule has 0 spiro atoms. The molecule has 1 amide bonds. The number of carbonyl (C=O) groups excluding carboxylic acids is 1. The number of rotatable bonds is 2. The lowest BCUT2D eigenvalue weighted by molar-refractivity contribution is -0.119. The molecule has 8 heteroatoms. The Hall–Kier alpha value is -1.83. The van der Waals surface area contributed by atoms with Gasteiger partial charge in [0.2, 0.25) is 6.41 Å². The topological polar surface area (TPSA) is 76.8 Å². The first-order chi connectivity index (χ1) is 8.28. The van der Waals surface area contributed by atoms with Gasteiger partial charge in [-0.2, -0.15) is 4.37 Å². The SMILES string of the molecule is Cc1nsc(-c2nnc3n2CCN(C=O)C3)n1. The second kappa shape index (κ2) is 3.88. The van der Waals surface area contributed by atoms with E-state index in [2.05, 4.69) is 19.6 Å². The Morgan fingerprint density at radius 1 is 1.35 bits per heavy atom. The van der Waals surface area contributed by atoms with E-state index in [4.69, 9.17) is 0 Å². The highest BCUT2D eigenvalue weighted by Gasteiger charge is 2.22. The molecule has 0 unspecified atom stereocenters. The van der Waals surface area contributed by atoms with Gasteiger partial charge in [0.25, 0.3) is 0 Å². The van der Waals surface area contributed by atoms with Crippen molar-refractivity contribution in [3.8, 4) is 10.8 Å². The molecule has 0 fully saturated rings. The number of amides is 1. The smallest absolute Gasteiger partial charge is 0.210 e. The largest absolute Gasteiger partial charge is 0.336 e. The molecular formula is C9H10N6OS. The van der Waals surface area contributed by atoms with Crippen LogP contribution < -0.4 is 0 Å². The standard InChI is InChI=1S/C9H10N6OS/c1-6-10-9(17-13-6)8-12-11-7-4-14(5-16)2-3-15(7)8/h5H,2-4H2,1H3. The summed E-state index contributed by atoms with van der Waals surface area (Å²) in [5.41, 5.74) is 0. The van der Waals surface area contributed by atoms with Crippen molar-refractivity contribution in [2.45, 2.75) is 20.0 Å². The third-order valence-electron chi connectivity index (χ3n) is 2.65. The molecule has 0 atom stereocenters. The molecule has 1 aliphatic rings. The summed E-state index contributed by atoms with van der Waals surface area (Å²) < 4.78 is 6.14. The Balaban J connectivity index is 1.99. The molecule has 88 valence electrons. The summed E-state index contributed by atoms with van der Waals surface area (Å²) in [7, 11) is 0. The van der Waals surface area contributed by atoms with Gasteiger partial charge in [-0.25, -0.2) is 4.98 Å². The fourth-order valence-corrected chi connectivity index (χ4v) is 2.48. The number of fused-ring (bicyclic) bond motifs is 1. The fraction of sp³-hybridized carbons (Fsp3) is 0.444. The van der Waals surface area contributed by atoms with Gasteiger partial charge in [0, 0.05) is 13.1 Å². The molecule has 0 N–H and O–H groups in total. The van der Waals surface area contributed by atoms with Gasteiger partial charge in [-0.05, 0) is 18.5 Å². The summed E-state index contributed by atoms with van der Waals surface area (Å²) in [6, 6.07) is 0. The van der Waals surface area contributed by atoms with Crippen molar-refractivity contribution < 1.29 is 4.79 Å². The van der Waals surface area contributed by atoms with Gasteiger partial charge in [0.15, 0.2) is 16.7 Å². The van der Waals surface area contributed by atoms with E-state index in [-0.39, 0.29) is 0 Å². The van der Waals surface area contributed by atoms with Crippen LogP contribution in [-0.2, 0) is 17.9 Å². The average molecular weight is 250 g/mol. The van der Waals surface area contributed by atoms with E-state index in [1.807, 2.05) is 11.5 Å². The van der Waals surface area contributed by atoms with E-state index >= 15 is 0 Å². The Morgan fingerprint density at radius 2 is 2.24 bits per heavy atom. The van der Waals surface area contributed by atoms with Crippen molar-refractivity contribution in [2.75, 3.05) is 6.54 Å². The first-order valence-electron chi connectivity index (χ1n) is 5.20. The molecule has 0 aromatic carbocycles. The summed E-state index contributed by atoms with van der Waals surface area (Å²) in [6.45, 7) is 3.74. The Bertz CT molecular complexity index is 562. The van der Waals surface area contributed by atoms with E-state index < -0.39 is 0 Å². The maximum atomic E-state index is 10.7. The number of carbonyl (C=O) groups is 1. The lowest BCUT2D eigenvalue weighted by Crippen LogP contribution is -2.32. The van der Waals surface area contributed by atoms with Crippen molar-refractivity contribution in [3.63, 3.8) is 0 Å². The van der Waals surface area contributed by atoms with Crippen LogP contribution in [0.2, 0.25) is 0 Å². The molecule has 1 aliphatic heterocycles. The van der Waals surface area contributed by atoms with Crippen LogP contribution in [0.3, 0.4) is 0 Å². The van der Waals surface area contributed by atoms with Crippen molar-refractivity contribution in [3.05, 3.63) is 11.6 Å². The van der Waals surface area contributed by atoms with E-state index in [0.29, 0.717) is 19.6 Å². The first kappa shape index (κ1) is 10.3. The highest BCUT2D eigenvalue weighted by atomic mass is 32.1. The number of nitrogens with zero attached hydrogens (tertiary/aromatic N) is 6. The average Bonchev–Trinajstić information content (AvgIpc) is 2.93. The molecule has 2 aromatic heterocycles. The zero-order valence-corrected chi connectivity index (χ0v) is 10.0. The van der Waals surface area contributed by atoms with Crippen LogP contribution in [0.4, 0.5) is 0 Å². The van der Waals surface area contributed by atoms with Crippen LogP contribution in [0.1, 0.15) is 11.6 Å². The molecule has 2 aromatic rings. The summed E-state index contributed by atoms with van der Waals surface area (Å²) in [6.07, 6.45) is 0.840. The molecule has 3 heterocycles. The predicted molar refractivity (Wildman–Crippen MR) is 60.1 cm³/mol. The van der Waals surface area contributed by atoms with Crippen LogP contribution in [0, 0.1) is 6.92 Å². The molecule has 0 aliphatic carbocycles. The third kappa shape index (κ3) is 1.70. The Morgan fingerprint density at radius 3 is 2.94 bits per heavy atom. The molecular weight excluding hydrogens is 240 g/mol. The van der Waals surface area contributed by atoms with Gasteiger partial charge in [-0.15, -0.1) is 10.2 Å². The molecule has 7 nitrogen and oxygen atoms in total. The summed E-state index contributed by atoms with van der Waals surface area (Å²) in [5.74, 6) is 2.29. The van der Waals surface area contributed by atoms with Crippen LogP contribution in [0.25, 0.3) is 10.8 Å². The second-order valence-corrected chi connectivity index (χ2v) is 4.57. The highest BCUT2D eigenvalue weighted by Crippen LogP contribution is 2.22. The Labute approximate surface area is 101 Å². The molecule has 3 rings (SSSR count). The summed E-state index contributed by atoms with van der Waals surface area (Å²) in [4.78, 5) is 16.7. The van der Waals surface area contributed by atoms with Crippen LogP contribution in [0.5, 0.6) is 0 Å². The van der Waals surface area contributed by atoms with Crippen molar-refractivity contribution in [2.24, 2.45) is 0 Å². The molecule has 0 saturated carbocycles. The second-order valence-electron chi connectivity index (χ2n) is 3.81. The minimum Gasteiger partial charge on any atom is -0.336 e. The van der Waals surface area contributed by atoms with Crippen molar-refractivity contribution in [1.29, 1.82) is 0 Å². The van der Waals surface area contributed by atoms with Crippen molar-refractivity contribution in [1.82, 2.24) is 29.0 Å². The number of aromatic nitrogens is 5. The zero-order valence-electron chi connectivity index (χ0n) is 9.20. The lowest BCUT2D eigenvalue weighted by atomic mass is 10.4. The van der Waals surface area contributed by atoms with Gasteiger partial charge in [0.05, 0.1) is 6.54 Å². The monoisotopic (exact) mass is 250 g/mol. The molecule has 0 radical (unpaired) electrons. The van der Waals surface area contributed by atoms with E-state index in [9.17, 15) is 4.79 Å². The third-order valence-corrected chi connectivity index (χ3v) is 3.45. The highest BCUT2D eigenvalue weighted by molar-refractivity contribution is 7.09. The van der Waals surface area contributed by atoms with E-state index in [1.54, 1.807) is 4.90 Å². The molecule has 17 heavy (non-hydrogen) atoms. The number of hydrogen-bond donors (Lipinski definition) is 0. The number of aryl methyl sites for hydroxylation is 1. The van der Waals surface area contributed by atoms with E-state index in [0.717, 1.165) is 28.9 Å². The van der Waals surface area contributed by atoms with Gasteiger partial charge in [-0.3, -0.25) is 4.79 Å². The van der Waals surface area contributed by atoms with Crippen LogP contribution >= 0.6 is 11.5 Å². The van der Waals surface area contributed by atoms with Crippen LogP contribution in [-0.4, -0.2) is 42.0 Å². The molecule has 0 bridgehead atoms. The minimum absolute atomic E-state index is 0.508. The lowest BCUT2D eigenvalue weighted by Gasteiger charge is -2.23. The molecule has 0 saturated heterocycles. The number of hydrogen-bond acceptors (Lipinski definition) is 6. The van der Waals surface area contributed by atoms with Crippen LogP contribution in [0.15, 0.2) is 0 Å².